The van der Waals surface area contributed by atoms with Crippen LogP contribution >= 0.6 is 0 Å². The molecule has 0 aromatic carbocycles. The van der Waals surface area contributed by atoms with Crippen LogP contribution < -0.4 is 0 Å². The van der Waals surface area contributed by atoms with E-state index < -0.39 is 0 Å². The van der Waals surface area contributed by atoms with Crippen LogP contribution in [-0.4, -0.2) is 32.1 Å². The first-order valence-electron chi connectivity index (χ1n) is 5.59. The molecule has 3 unspecified atom stereocenters. The van der Waals surface area contributed by atoms with Crippen LogP contribution in [0.3, 0.4) is 0 Å². The van der Waals surface area contributed by atoms with E-state index in [9.17, 15) is 9.59 Å². The number of methoxy groups -OCH3 is 1. The summed E-state index contributed by atoms with van der Waals surface area (Å²) in [7, 11) is 1.34. The molecule has 16 heavy (non-hydrogen) atoms. The van der Waals surface area contributed by atoms with E-state index in [-0.39, 0.29) is 11.9 Å². The number of carbonyl (C=O) groups excluding carboxylic acids is 2. The van der Waals surface area contributed by atoms with E-state index in [1.165, 1.54) is 13.2 Å². The molecule has 2 fully saturated rings. The van der Waals surface area contributed by atoms with E-state index in [1.54, 1.807) is 6.08 Å². The standard InChI is InChI=1S/C12H16O4/c1-15-11(14)3-2-6-16-7-9-8-4-5-10(13)12(8)9/h2-3,8-9,12H,4-7H2,1H3/b3-2-. The van der Waals surface area contributed by atoms with Gasteiger partial charge in [0.05, 0.1) is 20.3 Å². The van der Waals surface area contributed by atoms with Crippen molar-refractivity contribution in [3.63, 3.8) is 0 Å². The maximum atomic E-state index is 11.3. The fourth-order valence-corrected chi connectivity index (χ4v) is 2.50. The Kier molecular flexibility index (Phi) is 3.39. The lowest BCUT2D eigenvalue weighted by molar-refractivity contribution is -0.134. The first kappa shape index (κ1) is 11.3. The van der Waals surface area contributed by atoms with Gasteiger partial charge in [0.1, 0.15) is 5.78 Å². The Balaban J connectivity index is 1.59. The highest BCUT2D eigenvalue weighted by atomic mass is 16.5. The van der Waals surface area contributed by atoms with Gasteiger partial charge in [-0.2, -0.15) is 0 Å². The Morgan fingerprint density at radius 1 is 1.56 bits per heavy atom. The van der Waals surface area contributed by atoms with Crippen LogP contribution in [0.1, 0.15) is 12.8 Å². The molecule has 0 aromatic heterocycles. The molecule has 88 valence electrons. The molecule has 0 bridgehead atoms. The van der Waals surface area contributed by atoms with Gasteiger partial charge in [-0.1, -0.05) is 6.08 Å². The molecule has 0 aliphatic heterocycles. The fourth-order valence-electron chi connectivity index (χ4n) is 2.50. The van der Waals surface area contributed by atoms with Gasteiger partial charge in [-0.05, 0) is 18.3 Å². The largest absolute Gasteiger partial charge is 0.466 e. The molecule has 0 aromatic rings. The molecular weight excluding hydrogens is 208 g/mol. The summed E-state index contributed by atoms with van der Waals surface area (Å²) in [6.45, 7) is 1.03. The number of rotatable bonds is 5. The second kappa shape index (κ2) is 4.78. The average molecular weight is 224 g/mol. The Bertz CT molecular complexity index is 321. The number of hydrogen-bond acceptors (Lipinski definition) is 4. The minimum atomic E-state index is -0.373. The second-order valence-electron chi connectivity index (χ2n) is 4.32. The van der Waals surface area contributed by atoms with Crippen molar-refractivity contribution in [2.75, 3.05) is 20.3 Å². The minimum absolute atomic E-state index is 0.282. The number of ether oxygens (including phenoxy) is 2. The Labute approximate surface area is 94.6 Å². The summed E-state index contributed by atoms with van der Waals surface area (Å²) < 4.78 is 9.83. The summed E-state index contributed by atoms with van der Waals surface area (Å²) >= 11 is 0. The number of carbonyl (C=O) groups is 2. The molecule has 0 amide bonds. The van der Waals surface area contributed by atoms with Crippen molar-refractivity contribution in [1.82, 2.24) is 0 Å². The molecule has 0 radical (unpaired) electrons. The Morgan fingerprint density at radius 3 is 3.00 bits per heavy atom. The first-order valence-corrected chi connectivity index (χ1v) is 5.59. The van der Waals surface area contributed by atoms with Crippen molar-refractivity contribution >= 4 is 11.8 Å². The van der Waals surface area contributed by atoms with Crippen LogP contribution in [0.5, 0.6) is 0 Å². The smallest absolute Gasteiger partial charge is 0.330 e. The van der Waals surface area contributed by atoms with Crippen molar-refractivity contribution in [1.29, 1.82) is 0 Å². The Morgan fingerprint density at radius 2 is 2.38 bits per heavy atom. The van der Waals surface area contributed by atoms with Crippen LogP contribution in [0.25, 0.3) is 0 Å². The Hall–Kier alpha value is -1.16. The second-order valence-corrected chi connectivity index (χ2v) is 4.32. The van der Waals surface area contributed by atoms with E-state index >= 15 is 0 Å². The van der Waals surface area contributed by atoms with Crippen molar-refractivity contribution in [3.8, 4) is 0 Å². The molecule has 0 saturated heterocycles. The lowest BCUT2D eigenvalue weighted by atomic mass is 10.1. The summed E-state index contributed by atoms with van der Waals surface area (Å²) in [6, 6.07) is 0. The quantitative estimate of drug-likeness (QED) is 0.396. The minimum Gasteiger partial charge on any atom is -0.466 e. The summed E-state index contributed by atoms with van der Waals surface area (Å²) in [5.41, 5.74) is 0. The number of hydrogen-bond donors (Lipinski definition) is 0. The molecule has 2 rings (SSSR count). The third kappa shape index (κ3) is 2.32. The van der Waals surface area contributed by atoms with Gasteiger partial charge in [-0.25, -0.2) is 4.79 Å². The van der Waals surface area contributed by atoms with E-state index in [1.807, 2.05) is 0 Å². The lowest BCUT2D eigenvalue weighted by Crippen LogP contribution is -2.06. The van der Waals surface area contributed by atoms with E-state index in [4.69, 9.17) is 4.74 Å². The predicted octanol–water partition coefficient (Wildman–Crippen LogP) is 0.957. The third-order valence-corrected chi connectivity index (χ3v) is 3.41. The zero-order valence-electron chi connectivity index (χ0n) is 9.35. The summed E-state index contributed by atoms with van der Waals surface area (Å²) in [4.78, 5) is 22.0. The van der Waals surface area contributed by atoms with Gasteiger partial charge in [-0.15, -0.1) is 0 Å². The van der Waals surface area contributed by atoms with Crippen LogP contribution in [-0.2, 0) is 19.1 Å². The maximum absolute atomic E-state index is 11.3. The normalized spacial score (nSPS) is 31.8. The molecule has 4 nitrogen and oxygen atoms in total. The fraction of sp³-hybridized carbons (Fsp3) is 0.667. The van der Waals surface area contributed by atoms with Gasteiger partial charge < -0.3 is 9.47 Å². The molecule has 3 atom stereocenters. The highest BCUT2D eigenvalue weighted by molar-refractivity contribution is 5.87. The van der Waals surface area contributed by atoms with Gasteiger partial charge in [-0.3, -0.25) is 4.79 Å². The summed E-state index contributed by atoms with van der Waals surface area (Å²) in [6.07, 6.45) is 4.77. The number of ketones is 1. The zero-order valence-corrected chi connectivity index (χ0v) is 9.35. The first-order chi connectivity index (χ1) is 7.74. The van der Waals surface area contributed by atoms with Gasteiger partial charge in [0, 0.05) is 18.4 Å². The molecule has 4 heteroatoms. The van der Waals surface area contributed by atoms with Gasteiger partial charge in [0.2, 0.25) is 0 Å². The molecule has 2 aliphatic carbocycles. The highest BCUT2D eigenvalue weighted by Crippen LogP contribution is 2.55. The van der Waals surface area contributed by atoms with Gasteiger partial charge in [0.25, 0.3) is 0 Å². The molecule has 2 saturated carbocycles. The predicted molar refractivity (Wildman–Crippen MR) is 56.7 cm³/mol. The zero-order chi connectivity index (χ0) is 11.5. The van der Waals surface area contributed by atoms with E-state index in [0.717, 1.165) is 12.8 Å². The van der Waals surface area contributed by atoms with Gasteiger partial charge in [0.15, 0.2) is 0 Å². The van der Waals surface area contributed by atoms with Crippen LogP contribution in [0, 0.1) is 17.8 Å². The van der Waals surface area contributed by atoms with Crippen LogP contribution in [0.4, 0.5) is 0 Å². The topological polar surface area (TPSA) is 52.6 Å². The number of fused-ring (bicyclic) bond motifs is 1. The highest BCUT2D eigenvalue weighted by Gasteiger charge is 2.57. The monoisotopic (exact) mass is 224 g/mol. The number of esters is 1. The average Bonchev–Trinajstić information content (AvgIpc) is 2.85. The summed E-state index contributed by atoms with van der Waals surface area (Å²) in [5, 5.41) is 0. The summed E-state index contributed by atoms with van der Waals surface area (Å²) in [5.74, 6) is 1.33. The van der Waals surface area contributed by atoms with Crippen molar-refractivity contribution in [3.05, 3.63) is 12.2 Å². The SMILES string of the molecule is COC(=O)/C=C\COCC1C2CCC(=O)C21. The molecule has 0 spiro atoms. The molecular formula is C12H16O4. The van der Waals surface area contributed by atoms with E-state index in [0.29, 0.717) is 30.8 Å². The maximum Gasteiger partial charge on any atom is 0.330 e. The van der Waals surface area contributed by atoms with Crippen molar-refractivity contribution < 1.29 is 19.1 Å². The van der Waals surface area contributed by atoms with Gasteiger partial charge >= 0.3 is 5.97 Å². The number of Topliss-reactive ketones (excluding diaryl/α,β-unsaturated/α-hetero) is 1. The van der Waals surface area contributed by atoms with Crippen LogP contribution in [0.15, 0.2) is 12.2 Å². The van der Waals surface area contributed by atoms with E-state index in [2.05, 4.69) is 4.74 Å². The molecule has 0 N–H and O–H groups in total. The molecule has 2 aliphatic rings. The van der Waals surface area contributed by atoms with Crippen LogP contribution in [0.2, 0.25) is 0 Å². The lowest BCUT2D eigenvalue weighted by Gasteiger charge is -2.02. The van der Waals surface area contributed by atoms with Crippen molar-refractivity contribution in [2.45, 2.75) is 12.8 Å². The molecule has 0 heterocycles. The third-order valence-electron chi connectivity index (χ3n) is 3.41. The van der Waals surface area contributed by atoms with Crippen molar-refractivity contribution in [2.24, 2.45) is 17.8 Å².